The topological polar surface area (TPSA) is 30.5 Å². The Balaban J connectivity index is 1.76. The standard InChI is InChI=1S/C16H25NO2/c1-13-5-3-7-15(11-13)19-10-8-16(17-2)14-6-4-9-18-12-14/h3,5,7,11,14,16-17H,4,6,8-10,12H2,1-2H3. The van der Waals surface area contributed by atoms with E-state index in [1.165, 1.54) is 18.4 Å². The summed E-state index contributed by atoms with van der Waals surface area (Å²) in [7, 11) is 2.03. The van der Waals surface area contributed by atoms with Crippen molar-refractivity contribution in [2.24, 2.45) is 5.92 Å². The summed E-state index contributed by atoms with van der Waals surface area (Å²) in [5.74, 6) is 1.59. The summed E-state index contributed by atoms with van der Waals surface area (Å²) < 4.78 is 11.4. The van der Waals surface area contributed by atoms with E-state index in [9.17, 15) is 0 Å². The van der Waals surface area contributed by atoms with E-state index in [2.05, 4.69) is 24.4 Å². The molecular weight excluding hydrogens is 238 g/mol. The van der Waals surface area contributed by atoms with Crippen LogP contribution in [0, 0.1) is 12.8 Å². The summed E-state index contributed by atoms with van der Waals surface area (Å²) in [6.07, 6.45) is 3.47. The lowest BCUT2D eigenvalue weighted by molar-refractivity contribution is 0.0370. The molecule has 0 bridgehead atoms. The first-order valence-corrected chi connectivity index (χ1v) is 7.24. The van der Waals surface area contributed by atoms with E-state index in [4.69, 9.17) is 9.47 Å². The number of ether oxygens (including phenoxy) is 2. The van der Waals surface area contributed by atoms with Crippen LogP contribution in [0.3, 0.4) is 0 Å². The minimum atomic E-state index is 0.491. The van der Waals surface area contributed by atoms with E-state index >= 15 is 0 Å². The van der Waals surface area contributed by atoms with E-state index in [1.54, 1.807) is 0 Å². The second-order valence-corrected chi connectivity index (χ2v) is 5.33. The number of hydrogen-bond acceptors (Lipinski definition) is 3. The van der Waals surface area contributed by atoms with E-state index in [1.807, 2.05) is 19.2 Å². The van der Waals surface area contributed by atoms with Gasteiger partial charge in [0.2, 0.25) is 0 Å². The summed E-state index contributed by atoms with van der Waals surface area (Å²) in [4.78, 5) is 0. The minimum Gasteiger partial charge on any atom is -0.494 e. The lowest BCUT2D eigenvalue weighted by atomic mass is 9.92. The Labute approximate surface area is 116 Å². The van der Waals surface area contributed by atoms with Gasteiger partial charge in [-0.1, -0.05) is 12.1 Å². The lowest BCUT2D eigenvalue weighted by Gasteiger charge is -2.30. The van der Waals surface area contributed by atoms with Gasteiger partial charge in [-0.15, -0.1) is 0 Å². The maximum Gasteiger partial charge on any atom is 0.119 e. The summed E-state index contributed by atoms with van der Waals surface area (Å²) in [5, 5.41) is 3.41. The predicted molar refractivity (Wildman–Crippen MR) is 77.7 cm³/mol. The molecule has 1 aromatic carbocycles. The molecule has 1 aromatic rings. The van der Waals surface area contributed by atoms with Crippen molar-refractivity contribution in [2.45, 2.75) is 32.2 Å². The molecule has 2 atom stereocenters. The average Bonchev–Trinajstić information content (AvgIpc) is 2.45. The molecule has 19 heavy (non-hydrogen) atoms. The van der Waals surface area contributed by atoms with Gasteiger partial charge in [0.1, 0.15) is 5.75 Å². The van der Waals surface area contributed by atoms with Crippen molar-refractivity contribution in [3.05, 3.63) is 29.8 Å². The molecule has 1 saturated heterocycles. The van der Waals surface area contributed by atoms with E-state index in [-0.39, 0.29) is 0 Å². The Morgan fingerprint density at radius 1 is 1.47 bits per heavy atom. The molecular formula is C16H25NO2. The molecule has 1 aliphatic rings. The second-order valence-electron chi connectivity index (χ2n) is 5.33. The summed E-state index contributed by atoms with van der Waals surface area (Å²) in [5.41, 5.74) is 1.24. The van der Waals surface area contributed by atoms with Gasteiger partial charge < -0.3 is 14.8 Å². The molecule has 0 aromatic heterocycles. The fourth-order valence-electron chi connectivity index (χ4n) is 2.71. The van der Waals surface area contributed by atoms with Gasteiger partial charge >= 0.3 is 0 Å². The van der Waals surface area contributed by atoms with Gasteiger partial charge in [0.05, 0.1) is 13.2 Å². The Morgan fingerprint density at radius 3 is 3.05 bits per heavy atom. The Bertz CT molecular complexity index is 375. The quantitative estimate of drug-likeness (QED) is 0.856. The molecule has 1 fully saturated rings. The van der Waals surface area contributed by atoms with Crippen molar-refractivity contribution < 1.29 is 9.47 Å². The zero-order chi connectivity index (χ0) is 13.5. The fraction of sp³-hybridized carbons (Fsp3) is 0.625. The largest absolute Gasteiger partial charge is 0.494 e. The van der Waals surface area contributed by atoms with Crippen molar-refractivity contribution in [1.82, 2.24) is 5.32 Å². The van der Waals surface area contributed by atoms with Gasteiger partial charge in [0.25, 0.3) is 0 Å². The maximum absolute atomic E-state index is 5.83. The molecule has 0 aliphatic carbocycles. The zero-order valence-corrected chi connectivity index (χ0v) is 12.0. The Hall–Kier alpha value is -1.06. The van der Waals surface area contributed by atoms with Gasteiger partial charge in [-0.25, -0.2) is 0 Å². The molecule has 1 N–H and O–H groups in total. The molecule has 3 nitrogen and oxygen atoms in total. The van der Waals surface area contributed by atoms with E-state index in [0.717, 1.165) is 32.0 Å². The highest BCUT2D eigenvalue weighted by Crippen LogP contribution is 2.20. The van der Waals surface area contributed by atoms with Crippen LogP contribution in [0.2, 0.25) is 0 Å². The van der Waals surface area contributed by atoms with Crippen LogP contribution in [0.4, 0.5) is 0 Å². The van der Waals surface area contributed by atoms with Gasteiger partial charge in [-0.2, -0.15) is 0 Å². The molecule has 0 radical (unpaired) electrons. The van der Waals surface area contributed by atoms with Crippen LogP contribution in [0.5, 0.6) is 5.75 Å². The van der Waals surface area contributed by atoms with E-state index in [0.29, 0.717) is 12.0 Å². The minimum absolute atomic E-state index is 0.491. The van der Waals surface area contributed by atoms with Gasteiger partial charge in [-0.3, -0.25) is 0 Å². The third-order valence-electron chi connectivity index (χ3n) is 3.82. The molecule has 3 heteroatoms. The highest BCUT2D eigenvalue weighted by atomic mass is 16.5. The summed E-state index contributed by atoms with van der Waals surface area (Å²) in [6, 6.07) is 8.71. The van der Waals surface area contributed by atoms with E-state index < -0.39 is 0 Å². The van der Waals surface area contributed by atoms with Crippen molar-refractivity contribution in [3.63, 3.8) is 0 Å². The fourth-order valence-corrected chi connectivity index (χ4v) is 2.71. The molecule has 0 saturated carbocycles. The van der Waals surface area contributed by atoms with Gasteiger partial charge in [0, 0.05) is 12.6 Å². The van der Waals surface area contributed by atoms with Crippen LogP contribution in [-0.4, -0.2) is 32.9 Å². The zero-order valence-electron chi connectivity index (χ0n) is 12.0. The summed E-state index contributed by atoms with van der Waals surface area (Å²) in [6.45, 7) is 4.65. The van der Waals surface area contributed by atoms with Crippen LogP contribution < -0.4 is 10.1 Å². The molecule has 0 spiro atoms. The van der Waals surface area contributed by atoms with Crippen molar-refractivity contribution in [1.29, 1.82) is 0 Å². The number of rotatable bonds is 6. The first-order chi connectivity index (χ1) is 9.29. The summed E-state index contributed by atoms with van der Waals surface area (Å²) >= 11 is 0. The number of benzene rings is 1. The second kappa shape index (κ2) is 7.51. The molecule has 106 valence electrons. The normalized spacial score (nSPS) is 21.1. The Kier molecular flexibility index (Phi) is 5.67. The third-order valence-corrected chi connectivity index (χ3v) is 3.82. The SMILES string of the molecule is CNC(CCOc1cccc(C)c1)C1CCCOC1. The maximum atomic E-state index is 5.83. The highest BCUT2D eigenvalue weighted by Gasteiger charge is 2.22. The van der Waals surface area contributed by atoms with Crippen LogP contribution in [0.1, 0.15) is 24.8 Å². The van der Waals surface area contributed by atoms with Crippen molar-refractivity contribution in [3.8, 4) is 5.75 Å². The third kappa shape index (κ3) is 4.51. The van der Waals surface area contributed by atoms with Crippen LogP contribution in [0.25, 0.3) is 0 Å². The number of aryl methyl sites for hydroxylation is 1. The van der Waals surface area contributed by atoms with Gasteiger partial charge in [-0.05, 0) is 56.8 Å². The molecule has 1 heterocycles. The number of nitrogens with one attached hydrogen (secondary N) is 1. The van der Waals surface area contributed by atoms with Crippen molar-refractivity contribution >= 4 is 0 Å². The monoisotopic (exact) mass is 263 g/mol. The highest BCUT2D eigenvalue weighted by molar-refractivity contribution is 5.27. The molecule has 2 unspecified atom stereocenters. The average molecular weight is 263 g/mol. The van der Waals surface area contributed by atoms with Crippen molar-refractivity contribution in [2.75, 3.05) is 26.9 Å². The molecule has 1 aliphatic heterocycles. The van der Waals surface area contributed by atoms with Crippen LogP contribution in [0.15, 0.2) is 24.3 Å². The first kappa shape index (κ1) is 14.4. The van der Waals surface area contributed by atoms with Crippen LogP contribution in [-0.2, 0) is 4.74 Å². The Morgan fingerprint density at radius 2 is 2.37 bits per heavy atom. The molecule has 0 amide bonds. The first-order valence-electron chi connectivity index (χ1n) is 7.24. The number of hydrogen-bond donors (Lipinski definition) is 1. The smallest absolute Gasteiger partial charge is 0.119 e. The van der Waals surface area contributed by atoms with Crippen LogP contribution >= 0.6 is 0 Å². The lowest BCUT2D eigenvalue weighted by Crippen LogP contribution is -2.39. The molecule has 2 rings (SSSR count). The predicted octanol–water partition coefficient (Wildman–Crippen LogP) is 2.78. The van der Waals surface area contributed by atoms with Gasteiger partial charge in [0.15, 0.2) is 0 Å².